The van der Waals surface area contributed by atoms with Crippen molar-refractivity contribution in [1.82, 2.24) is 0 Å². The highest BCUT2D eigenvalue weighted by Crippen LogP contribution is 2.42. The zero-order valence-corrected chi connectivity index (χ0v) is 9.26. The molecular weight excluding hydrogens is 225 g/mol. The van der Waals surface area contributed by atoms with Crippen LogP contribution >= 0.6 is 0 Å². The number of carbonyl (C=O) groups excluding carboxylic acids is 1. The Balaban J connectivity index is 2.27. The summed E-state index contributed by atoms with van der Waals surface area (Å²) < 4.78 is 45.5. The van der Waals surface area contributed by atoms with Gasteiger partial charge in [0, 0.05) is 6.42 Å². The number of alkyl halides is 3. The summed E-state index contributed by atoms with van der Waals surface area (Å²) in [6, 6.07) is 0. The summed E-state index contributed by atoms with van der Waals surface area (Å²) in [7, 11) is 0. The first-order valence-corrected chi connectivity index (χ1v) is 5.20. The van der Waals surface area contributed by atoms with E-state index in [1.807, 2.05) is 0 Å². The van der Waals surface area contributed by atoms with E-state index in [2.05, 4.69) is 0 Å². The molecule has 1 heterocycles. The number of hydrogen-bond acceptors (Lipinski definition) is 3. The molecule has 0 N–H and O–H groups in total. The zero-order valence-electron chi connectivity index (χ0n) is 9.26. The van der Waals surface area contributed by atoms with Gasteiger partial charge in [0.25, 0.3) is 0 Å². The maximum atomic E-state index is 11.9. The molecule has 2 unspecified atom stereocenters. The molecule has 0 bridgehead atoms. The molecule has 1 aliphatic heterocycles. The van der Waals surface area contributed by atoms with Gasteiger partial charge >= 0.3 is 12.1 Å². The highest BCUT2D eigenvalue weighted by Gasteiger charge is 2.57. The molecule has 0 spiro atoms. The SMILES string of the molecule is CCOC(=O)C1OC1(C)CCCC(F)(F)F. The Bertz CT molecular complexity index is 265. The maximum Gasteiger partial charge on any atom is 0.389 e. The molecule has 6 heteroatoms. The van der Waals surface area contributed by atoms with Gasteiger partial charge in [0.05, 0.1) is 6.61 Å². The van der Waals surface area contributed by atoms with Crippen LogP contribution in [0.25, 0.3) is 0 Å². The fraction of sp³-hybridized carbons (Fsp3) is 0.900. The van der Waals surface area contributed by atoms with E-state index in [1.165, 1.54) is 0 Å². The minimum absolute atomic E-state index is 0.0318. The summed E-state index contributed by atoms with van der Waals surface area (Å²) in [4.78, 5) is 11.2. The van der Waals surface area contributed by atoms with Crippen LogP contribution in [-0.2, 0) is 14.3 Å². The Morgan fingerprint density at radius 2 is 2.12 bits per heavy atom. The van der Waals surface area contributed by atoms with Crippen LogP contribution in [0.2, 0.25) is 0 Å². The molecule has 1 aliphatic rings. The van der Waals surface area contributed by atoms with Crippen molar-refractivity contribution in [3.8, 4) is 0 Å². The molecule has 0 radical (unpaired) electrons. The fourth-order valence-electron chi connectivity index (χ4n) is 1.58. The van der Waals surface area contributed by atoms with Gasteiger partial charge in [0.1, 0.15) is 5.60 Å². The van der Waals surface area contributed by atoms with Crippen LogP contribution in [-0.4, -0.2) is 30.5 Å². The normalized spacial score (nSPS) is 28.9. The van der Waals surface area contributed by atoms with Crippen molar-refractivity contribution in [2.24, 2.45) is 0 Å². The number of halogens is 3. The molecule has 0 aromatic rings. The quantitative estimate of drug-likeness (QED) is 0.547. The second kappa shape index (κ2) is 4.61. The number of epoxide rings is 1. The third kappa shape index (κ3) is 3.66. The van der Waals surface area contributed by atoms with E-state index in [0.717, 1.165) is 0 Å². The smallest absolute Gasteiger partial charge is 0.389 e. The highest BCUT2D eigenvalue weighted by atomic mass is 19.4. The Labute approximate surface area is 91.9 Å². The minimum atomic E-state index is -4.15. The van der Waals surface area contributed by atoms with E-state index in [9.17, 15) is 18.0 Å². The molecule has 1 fully saturated rings. The molecule has 1 rings (SSSR count). The first-order chi connectivity index (χ1) is 7.28. The third-order valence-electron chi connectivity index (χ3n) is 2.52. The molecule has 0 aromatic heterocycles. The number of esters is 1. The lowest BCUT2D eigenvalue weighted by molar-refractivity contribution is -0.144. The second-order valence-electron chi connectivity index (χ2n) is 4.03. The summed E-state index contributed by atoms with van der Waals surface area (Å²) in [6.45, 7) is 3.55. The first-order valence-electron chi connectivity index (χ1n) is 5.20. The lowest BCUT2D eigenvalue weighted by atomic mass is 10.00. The molecule has 0 amide bonds. The van der Waals surface area contributed by atoms with E-state index in [4.69, 9.17) is 9.47 Å². The topological polar surface area (TPSA) is 38.8 Å². The summed E-state index contributed by atoms with van der Waals surface area (Å²) in [6.07, 6.45) is -5.50. The van der Waals surface area contributed by atoms with Crippen molar-refractivity contribution < 1.29 is 27.4 Å². The predicted molar refractivity (Wildman–Crippen MR) is 49.8 cm³/mol. The largest absolute Gasteiger partial charge is 0.464 e. The van der Waals surface area contributed by atoms with Crippen molar-refractivity contribution in [1.29, 1.82) is 0 Å². The van der Waals surface area contributed by atoms with Crippen molar-refractivity contribution in [2.45, 2.75) is 51.0 Å². The summed E-state index contributed by atoms with van der Waals surface area (Å²) >= 11 is 0. The Hall–Kier alpha value is -0.780. The summed E-state index contributed by atoms with van der Waals surface area (Å²) in [5, 5.41) is 0. The fourth-order valence-corrected chi connectivity index (χ4v) is 1.58. The molecule has 94 valence electrons. The predicted octanol–water partition coefficient (Wildman–Crippen LogP) is 2.44. The summed E-state index contributed by atoms with van der Waals surface area (Å²) in [5.74, 6) is -0.489. The van der Waals surface area contributed by atoms with Crippen LogP contribution in [0, 0.1) is 0 Å². The van der Waals surface area contributed by atoms with E-state index >= 15 is 0 Å². The van der Waals surface area contributed by atoms with E-state index in [-0.39, 0.29) is 19.4 Å². The van der Waals surface area contributed by atoms with Gasteiger partial charge in [-0.1, -0.05) is 0 Å². The standard InChI is InChI=1S/C10H15F3O3/c1-3-15-8(14)7-9(2,16-7)5-4-6-10(11,12)13/h7H,3-6H2,1-2H3. The highest BCUT2D eigenvalue weighted by molar-refractivity contribution is 5.79. The van der Waals surface area contributed by atoms with Crippen molar-refractivity contribution >= 4 is 5.97 Å². The Morgan fingerprint density at radius 1 is 1.50 bits per heavy atom. The van der Waals surface area contributed by atoms with Crippen LogP contribution < -0.4 is 0 Å². The summed E-state index contributed by atoms with van der Waals surface area (Å²) in [5.41, 5.74) is -0.766. The van der Waals surface area contributed by atoms with Gasteiger partial charge in [0.2, 0.25) is 0 Å². The zero-order chi connectivity index (χ0) is 12.4. The first kappa shape index (κ1) is 13.3. The Morgan fingerprint density at radius 3 is 2.62 bits per heavy atom. The lowest BCUT2D eigenvalue weighted by Crippen LogP contribution is -2.20. The third-order valence-corrected chi connectivity index (χ3v) is 2.52. The second-order valence-corrected chi connectivity index (χ2v) is 4.03. The molecule has 16 heavy (non-hydrogen) atoms. The molecule has 0 saturated carbocycles. The Kier molecular flexibility index (Phi) is 3.83. The van der Waals surface area contributed by atoms with E-state index < -0.39 is 30.3 Å². The maximum absolute atomic E-state index is 11.9. The number of carbonyl (C=O) groups is 1. The number of ether oxygens (including phenoxy) is 2. The van der Waals surface area contributed by atoms with Gasteiger partial charge in [-0.05, 0) is 26.7 Å². The van der Waals surface area contributed by atoms with Crippen LogP contribution in [0.15, 0.2) is 0 Å². The molecule has 0 aromatic carbocycles. The number of rotatable bonds is 5. The van der Waals surface area contributed by atoms with E-state index in [1.54, 1.807) is 13.8 Å². The molecular formula is C10H15F3O3. The van der Waals surface area contributed by atoms with Gasteiger partial charge in [-0.2, -0.15) is 13.2 Å². The van der Waals surface area contributed by atoms with Crippen LogP contribution in [0.3, 0.4) is 0 Å². The van der Waals surface area contributed by atoms with Crippen molar-refractivity contribution in [3.05, 3.63) is 0 Å². The lowest BCUT2D eigenvalue weighted by Gasteiger charge is -2.08. The monoisotopic (exact) mass is 240 g/mol. The average Bonchev–Trinajstić information content (AvgIpc) is 2.76. The van der Waals surface area contributed by atoms with Crippen LogP contribution in [0.1, 0.15) is 33.1 Å². The van der Waals surface area contributed by atoms with Gasteiger partial charge in [-0.25, -0.2) is 4.79 Å². The van der Waals surface area contributed by atoms with Gasteiger partial charge in [-0.3, -0.25) is 0 Å². The van der Waals surface area contributed by atoms with Crippen molar-refractivity contribution in [3.63, 3.8) is 0 Å². The van der Waals surface area contributed by atoms with Crippen LogP contribution in [0.5, 0.6) is 0 Å². The number of hydrogen-bond donors (Lipinski definition) is 0. The van der Waals surface area contributed by atoms with Gasteiger partial charge in [-0.15, -0.1) is 0 Å². The van der Waals surface area contributed by atoms with Crippen molar-refractivity contribution in [2.75, 3.05) is 6.61 Å². The van der Waals surface area contributed by atoms with Gasteiger partial charge in [0.15, 0.2) is 6.10 Å². The molecule has 1 saturated heterocycles. The van der Waals surface area contributed by atoms with Gasteiger partial charge < -0.3 is 9.47 Å². The molecule has 2 atom stereocenters. The average molecular weight is 240 g/mol. The minimum Gasteiger partial charge on any atom is -0.464 e. The van der Waals surface area contributed by atoms with E-state index in [0.29, 0.717) is 0 Å². The molecule has 3 nitrogen and oxygen atoms in total. The van der Waals surface area contributed by atoms with Crippen LogP contribution in [0.4, 0.5) is 13.2 Å². The molecule has 0 aliphatic carbocycles.